The molecule has 0 bridgehead atoms. The van der Waals surface area contributed by atoms with Crippen LogP contribution in [0.4, 0.5) is 11.9 Å². The molecular formula is C11H15N7. The molecule has 1 saturated carbocycles. The number of nitrogen functional groups attached to an aromatic ring is 1. The number of aromatic nitrogens is 5. The van der Waals surface area contributed by atoms with Crippen LogP contribution in [0, 0.1) is 5.92 Å². The lowest BCUT2D eigenvalue weighted by atomic mass is 10.3. The summed E-state index contributed by atoms with van der Waals surface area (Å²) in [5.74, 6) is 1.88. The molecule has 1 fully saturated rings. The highest BCUT2D eigenvalue weighted by atomic mass is 15.4. The first-order chi connectivity index (χ1) is 8.76. The minimum absolute atomic E-state index is 0.201. The maximum atomic E-state index is 5.69. The van der Waals surface area contributed by atoms with Crippen LogP contribution in [0.2, 0.25) is 0 Å². The van der Waals surface area contributed by atoms with Crippen LogP contribution in [0.25, 0.3) is 5.95 Å². The van der Waals surface area contributed by atoms with E-state index in [4.69, 9.17) is 5.73 Å². The Morgan fingerprint density at radius 3 is 3.00 bits per heavy atom. The number of rotatable bonds is 4. The van der Waals surface area contributed by atoms with Gasteiger partial charge >= 0.3 is 0 Å². The number of hydrogen-bond acceptors (Lipinski definition) is 6. The average molecular weight is 245 g/mol. The summed E-state index contributed by atoms with van der Waals surface area (Å²) in [7, 11) is 0. The minimum Gasteiger partial charge on any atom is -0.368 e. The van der Waals surface area contributed by atoms with Gasteiger partial charge in [-0.25, -0.2) is 4.68 Å². The highest BCUT2D eigenvalue weighted by molar-refractivity contribution is 5.37. The Morgan fingerprint density at radius 1 is 1.44 bits per heavy atom. The Morgan fingerprint density at radius 2 is 2.33 bits per heavy atom. The second kappa shape index (κ2) is 4.25. The van der Waals surface area contributed by atoms with Crippen molar-refractivity contribution >= 4 is 11.9 Å². The van der Waals surface area contributed by atoms with Gasteiger partial charge in [0.15, 0.2) is 0 Å². The summed E-state index contributed by atoms with van der Waals surface area (Å²) in [6.45, 7) is 2.18. The quantitative estimate of drug-likeness (QED) is 0.829. The van der Waals surface area contributed by atoms with Crippen LogP contribution in [0.1, 0.15) is 19.8 Å². The number of nitrogens with one attached hydrogen (secondary N) is 1. The fraction of sp³-hybridized carbons (Fsp3) is 0.455. The second-order valence-electron chi connectivity index (χ2n) is 4.42. The van der Waals surface area contributed by atoms with Crippen molar-refractivity contribution in [1.82, 2.24) is 24.7 Å². The molecular weight excluding hydrogens is 230 g/mol. The summed E-state index contributed by atoms with van der Waals surface area (Å²) in [6, 6.07) is 2.27. The zero-order chi connectivity index (χ0) is 12.5. The lowest BCUT2D eigenvalue weighted by Gasteiger charge is -2.06. The molecule has 1 aliphatic carbocycles. The third-order valence-corrected chi connectivity index (χ3v) is 3.11. The molecule has 3 rings (SSSR count). The maximum absolute atomic E-state index is 5.69. The van der Waals surface area contributed by atoms with Gasteiger partial charge < -0.3 is 11.1 Å². The molecule has 7 nitrogen and oxygen atoms in total. The topological polar surface area (TPSA) is 94.5 Å². The molecule has 7 heteroatoms. The molecule has 2 atom stereocenters. The summed E-state index contributed by atoms with van der Waals surface area (Å²) in [6.07, 6.45) is 5.77. The Balaban J connectivity index is 1.83. The molecule has 0 aliphatic heterocycles. The molecule has 1 aliphatic rings. The van der Waals surface area contributed by atoms with Gasteiger partial charge in [0, 0.05) is 18.4 Å². The zero-order valence-corrected chi connectivity index (χ0v) is 10.1. The first-order valence-corrected chi connectivity index (χ1v) is 6.04. The van der Waals surface area contributed by atoms with Gasteiger partial charge in [0.25, 0.3) is 5.95 Å². The minimum atomic E-state index is 0.201. The summed E-state index contributed by atoms with van der Waals surface area (Å²) in [4.78, 5) is 12.5. The molecule has 0 radical (unpaired) electrons. The summed E-state index contributed by atoms with van der Waals surface area (Å²) in [5.41, 5.74) is 5.69. The van der Waals surface area contributed by atoms with Crippen molar-refractivity contribution in [2.75, 3.05) is 11.1 Å². The maximum Gasteiger partial charge on any atom is 0.257 e. The molecule has 2 aromatic rings. The molecule has 2 unspecified atom stereocenters. The van der Waals surface area contributed by atoms with E-state index in [1.807, 2.05) is 0 Å². The fourth-order valence-corrected chi connectivity index (χ4v) is 1.98. The van der Waals surface area contributed by atoms with Crippen LogP contribution in [0.15, 0.2) is 18.5 Å². The molecule has 0 amide bonds. The fourth-order valence-electron chi connectivity index (χ4n) is 1.98. The van der Waals surface area contributed by atoms with Crippen LogP contribution in [0.3, 0.4) is 0 Å². The van der Waals surface area contributed by atoms with Crippen molar-refractivity contribution in [1.29, 1.82) is 0 Å². The molecule has 0 saturated heterocycles. The first kappa shape index (κ1) is 10.9. The Bertz CT molecular complexity index is 536. The van der Waals surface area contributed by atoms with E-state index in [0.717, 1.165) is 5.92 Å². The summed E-state index contributed by atoms with van der Waals surface area (Å²) < 4.78 is 1.56. The monoisotopic (exact) mass is 245 g/mol. The van der Waals surface area contributed by atoms with Crippen LogP contribution in [-0.2, 0) is 0 Å². The molecule has 3 N–H and O–H groups in total. The van der Waals surface area contributed by atoms with Crippen molar-refractivity contribution in [3.63, 3.8) is 0 Å². The number of hydrogen-bond donors (Lipinski definition) is 2. The molecule has 2 aromatic heterocycles. The van der Waals surface area contributed by atoms with E-state index in [-0.39, 0.29) is 5.95 Å². The predicted molar refractivity (Wildman–Crippen MR) is 67.2 cm³/mol. The van der Waals surface area contributed by atoms with Gasteiger partial charge in [-0.2, -0.15) is 20.1 Å². The van der Waals surface area contributed by atoms with Crippen LogP contribution >= 0.6 is 0 Å². The van der Waals surface area contributed by atoms with Gasteiger partial charge in [-0.3, -0.25) is 0 Å². The van der Waals surface area contributed by atoms with E-state index in [0.29, 0.717) is 17.9 Å². The smallest absolute Gasteiger partial charge is 0.257 e. The largest absolute Gasteiger partial charge is 0.368 e. The van der Waals surface area contributed by atoms with E-state index in [9.17, 15) is 0 Å². The van der Waals surface area contributed by atoms with Crippen LogP contribution in [-0.4, -0.2) is 30.8 Å². The third-order valence-electron chi connectivity index (χ3n) is 3.11. The van der Waals surface area contributed by atoms with Crippen molar-refractivity contribution in [3.8, 4) is 5.95 Å². The molecule has 2 heterocycles. The highest BCUT2D eigenvalue weighted by Crippen LogP contribution is 2.35. The summed E-state index contributed by atoms with van der Waals surface area (Å²) >= 11 is 0. The highest BCUT2D eigenvalue weighted by Gasteiger charge is 2.35. The molecule has 94 valence electrons. The van der Waals surface area contributed by atoms with E-state index in [1.54, 1.807) is 23.1 Å². The van der Waals surface area contributed by atoms with E-state index in [2.05, 4.69) is 32.3 Å². The van der Waals surface area contributed by atoms with Crippen LogP contribution < -0.4 is 11.1 Å². The SMILES string of the molecule is CCC1CC1Nc1nc(N)nc(-n2cccn2)n1. The Hall–Kier alpha value is -2.18. The van der Waals surface area contributed by atoms with E-state index >= 15 is 0 Å². The van der Waals surface area contributed by atoms with Gasteiger partial charge in [0.05, 0.1) is 0 Å². The zero-order valence-electron chi connectivity index (χ0n) is 10.1. The molecule has 18 heavy (non-hydrogen) atoms. The van der Waals surface area contributed by atoms with Gasteiger partial charge in [-0.1, -0.05) is 13.3 Å². The van der Waals surface area contributed by atoms with E-state index in [1.165, 1.54) is 12.8 Å². The summed E-state index contributed by atoms with van der Waals surface area (Å²) in [5, 5.41) is 7.35. The van der Waals surface area contributed by atoms with Gasteiger partial charge in [0.2, 0.25) is 11.9 Å². The van der Waals surface area contributed by atoms with Crippen molar-refractivity contribution in [2.24, 2.45) is 5.92 Å². The number of nitrogens with two attached hydrogens (primary N) is 1. The number of nitrogens with zero attached hydrogens (tertiary/aromatic N) is 5. The van der Waals surface area contributed by atoms with Crippen molar-refractivity contribution in [3.05, 3.63) is 18.5 Å². The van der Waals surface area contributed by atoms with Crippen LogP contribution in [0.5, 0.6) is 0 Å². The molecule has 0 spiro atoms. The first-order valence-electron chi connectivity index (χ1n) is 6.04. The second-order valence-corrected chi connectivity index (χ2v) is 4.42. The number of anilines is 2. The third kappa shape index (κ3) is 2.11. The molecule has 0 aromatic carbocycles. The van der Waals surface area contributed by atoms with Gasteiger partial charge in [-0.05, 0) is 18.4 Å². The Labute approximate surface area is 104 Å². The van der Waals surface area contributed by atoms with Gasteiger partial charge in [-0.15, -0.1) is 0 Å². The van der Waals surface area contributed by atoms with E-state index < -0.39 is 0 Å². The average Bonchev–Trinajstić information content (AvgIpc) is 2.89. The lowest BCUT2D eigenvalue weighted by Crippen LogP contribution is -2.13. The normalized spacial score (nSPS) is 21.8. The van der Waals surface area contributed by atoms with Crippen molar-refractivity contribution < 1.29 is 0 Å². The lowest BCUT2D eigenvalue weighted by molar-refractivity contribution is 0.764. The van der Waals surface area contributed by atoms with Crippen molar-refractivity contribution in [2.45, 2.75) is 25.8 Å². The Kier molecular flexibility index (Phi) is 2.58. The standard InChI is InChI=1S/C11H15N7/c1-2-7-6-8(7)14-10-15-9(12)16-11(17-10)18-5-3-4-13-18/h3-5,7-8H,2,6H2,1H3,(H3,12,14,15,16,17). The van der Waals surface area contributed by atoms with Gasteiger partial charge in [0.1, 0.15) is 0 Å². The predicted octanol–water partition coefficient (Wildman–Crippen LogP) is 0.850.